The zero-order valence-corrected chi connectivity index (χ0v) is 20.2. The van der Waals surface area contributed by atoms with Crippen molar-refractivity contribution >= 4 is 17.0 Å². The van der Waals surface area contributed by atoms with Gasteiger partial charge in [0.05, 0.1) is 5.70 Å². The fraction of sp³-hybridized carbons (Fsp3) is 0.393. The molecule has 0 radical (unpaired) electrons. The first kappa shape index (κ1) is 23.5. The van der Waals surface area contributed by atoms with Gasteiger partial charge in [-0.05, 0) is 35.6 Å². The normalized spacial score (nSPS) is 18.5. The van der Waals surface area contributed by atoms with Gasteiger partial charge in [-0.2, -0.15) is 0 Å². The Balaban J connectivity index is 1.14. The fourth-order valence-electron chi connectivity index (χ4n) is 5.01. The highest BCUT2D eigenvalue weighted by atomic mass is 19.3. The summed E-state index contributed by atoms with van der Waals surface area (Å²) in [5.74, 6) is -2.08. The summed E-state index contributed by atoms with van der Waals surface area (Å²) in [7, 11) is 0. The van der Waals surface area contributed by atoms with Gasteiger partial charge in [0.25, 0.3) is 5.92 Å². The number of nitrogens with zero attached hydrogens (tertiary/aromatic N) is 3. The highest BCUT2D eigenvalue weighted by Crippen LogP contribution is 2.38. The lowest BCUT2D eigenvalue weighted by atomic mass is 9.88. The second-order valence-corrected chi connectivity index (χ2v) is 10.1. The molecule has 2 N–H and O–H groups in total. The van der Waals surface area contributed by atoms with Crippen LogP contribution in [0.3, 0.4) is 0 Å². The van der Waals surface area contributed by atoms with Crippen LogP contribution in [0.1, 0.15) is 42.1 Å². The van der Waals surface area contributed by atoms with Crippen LogP contribution in [-0.4, -0.2) is 45.9 Å². The summed E-state index contributed by atoms with van der Waals surface area (Å²) in [5, 5.41) is 6.57. The van der Waals surface area contributed by atoms with Crippen molar-refractivity contribution in [1.82, 2.24) is 24.9 Å². The van der Waals surface area contributed by atoms with E-state index >= 15 is 0 Å². The second kappa shape index (κ2) is 9.46. The van der Waals surface area contributed by atoms with E-state index in [1.54, 1.807) is 0 Å². The van der Waals surface area contributed by atoms with E-state index in [4.69, 9.17) is 0 Å². The third kappa shape index (κ3) is 5.40. The van der Waals surface area contributed by atoms with Gasteiger partial charge < -0.3 is 15.0 Å². The lowest BCUT2D eigenvalue weighted by molar-refractivity contribution is -0.0891. The molecule has 1 unspecified atom stereocenters. The Hall–Kier alpha value is -3.19. The molecule has 2 aromatic heterocycles. The maximum absolute atomic E-state index is 13.1. The molecular weight excluding hydrogens is 444 g/mol. The minimum atomic E-state index is -2.55. The molecule has 1 aliphatic heterocycles. The monoisotopic (exact) mass is 477 g/mol. The van der Waals surface area contributed by atoms with E-state index in [2.05, 4.69) is 64.9 Å². The van der Waals surface area contributed by atoms with Gasteiger partial charge in [0.1, 0.15) is 11.3 Å². The maximum atomic E-state index is 13.1. The average molecular weight is 478 g/mol. The number of hydrogen-bond donors (Lipinski definition) is 2. The molecule has 0 bridgehead atoms. The van der Waals surface area contributed by atoms with Gasteiger partial charge in [-0.1, -0.05) is 44.3 Å². The Labute approximate surface area is 205 Å². The van der Waals surface area contributed by atoms with Crippen LogP contribution >= 0.6 is 0 Å². The Morgan fingerprint density at radius 1 is 1.11 bits per heavy atom. The van der Waals surface area contributed by atoms with Crippen molar-refractivity contribution < 1.29 is 8.78 Å². The predicted octanol–water partition coefficient (Wildman–Crippen LogP) is 4.95. The molecule has 1 saturated carbocycles. The van der Waals surface area contributed by atoms with E-state index in [-0.39, 0.29) is 18.9 Å². The Morgan fingerprint density at radius 3 is 2.66 bits per heavy atom. The van der Waals surface area contributed by atoms with Crippen molar-refractivity contribution in [2.24, 2.45) is 5.92 Å². The number of hydrogen-bond acceptors (Lipinski definition) is 4. The SMILES string of the molecule is C=C(NC1CC(F)(F)C1)c1ccc2nc(C(=C)NCC(C)CN3CCc4ccccc4C3)cn2c1. The van der Waals surface area contributed by atoms with Gasteiger partial charge in [-0.15, -0.1) is 0 Å². The Bertz CT molecular complexity index is 1240. The number of halogens is 2. The van der Waals surface area contributed by atoms with Crippen molar-refractivity contribution in [2.45, 2.75) is 44.7 Å². The summed E-state index contributed by atoms with van der Waals surface area (Å²) < 4.78 is 28.2. The third-order valence-corrected chi connectivity index (χ3v) is 7.02. The van der Waals surface area contributed by atoms with Crippen LogP contribution in [0.2, 0.25) is 0 Å². The fourth-order valence-corrected chi connectivity index (χ4v) is 5.01. The van der Waals surface area contributed by atoms with Gasteiger partial charge >= 0.3 is 0 Å². The number of pyridine rings is 1. The number of imidazole rings is 1. The van der Waals surface area contributed by atoms with Gasteiger partial charge in [-0.25, -0.2) is 13.8 Å². The molecule has 1 atom stereocenters. The van der Waals surface area contributed by atoms with Crippen LogP contribution < -0.4 is 10.6 Å². The van der Waals surface area contributed by atoms with E-state index < -0.39 is 5.92 Å². The average Bonchev–Trinajstić information content (AvgIpc) is 3.25. The molecule has 3 heterocycles. The summed E-state index contributed by atoms with van der Waals surface area (Å²) >= 11 is 0. The molecule has 184 valence electrons. The third-order valence-electron chi connectivity index (χ3n) is 7.02. The summed E-state index contributed by atoms with van der Waals surface area (Å²) in [6.45, 7) is 14.4. The number of fused-ring (bicyclic) bond motifs is 2. The highest BCUT2D eigenvalue weighted by molar-refractivity contribution is 5.65. The van der Waals surface area contributed by atoms with E-state index in [0.29, 0.717) is 11.6 Å². The van der Waals surface area contributed by atoms with Crippen LogP contribution in [-0.2, 0) is 13.0 Å². The largest absolute Gasteiger partial charge is 0.383 e. The first-order chi connectivity index (χ1) is 16.8. The summed E-state index contributed by atoms with van der Waals surface area (Å²) in [6, 6.07) is 12.3. The lowest BCUT2D eigenvalue weighted by Gasteiger charge is -2.36. The zero-order chi connectivity index (χ0) is 24.6. The molecule has 35 heavy (non-hydrogen) atoms. The molecule has 0 saturated heterocycles. The lowest BCUT2D eigenvalue weighted by Crippen LogP contribution is -2.47. The van der Waals surface area contributed by atoms with Crippen molar-refractivity contribution in [3.05, 3.63) is 84.3 Å². The number of nitrogens with one attached hydrogen (secondary N) is 2. The van der Waals surface area contributed by atoms with Gasteiger partial charge in [0.2, 0.25) is 0 Å². The van der Waals surface area contributed by atoms with Crippen molar-refractivity contribution in [3.8, 4) is 0 Å². The van der Waals surface area contributed by atoms with Gasteiger partial charge in [-0.3, -0.25) is 4.90 Å². The minimum absolute atomic E-state index is 0.140. The van der Waals surface area contributed by atoms with Crippen LogP contribution in [0.5, 0.6) is 0 Å². The molecule has 0 spiro atoms. The zero-order valence-electron chi connectivity index (χ0n) is 20.2. The van der Waals surface area contributed by atoms with Crippen LogP contribution in [0.25, 0.3) is 17.0 Å². The van der Waals surface area contributed by atoms with Gasteiger partial charge in [0.15, 0.2) is 0 Å². The molecule has 7 heteroatoms. The Morgan fingerprint density at radius 2 is 1.89 bits per heavy atom. The molecule has 5 rings (SSSR count). The molecule has 3 aromatic rings. The summed E-state index contributed by atoms with van der Waals surface area (Å²) in [6.07, 6.45) is 4.69. The molecule has 5 nitrogen and oxygen atoms in total. The van der Waals surface area contributed by atoms with Crippen molar-refractivity contribution in [3.63, 3.8) is 0 Å². The smallest absolute Gasteiger partial charge is 0.252 e. The van der Waals surface area contributed by atoms with E-state index in [1.807, 2.05) is 28.9 Å². The van der Waals surface area contributed by atoms with Crippen LogP contribution in [0.4, 0.5) is 8.78 Å². The minimum Gasteiger partial charge on any atom is -0.383 e. The number of rotatable bonds is 9. The molecular formula is C28H33F2N5. The maximum Gasteiger partial charge on any atom is 0.252 e. The number of aromatic nitrogens is 2. The second-order valence-electron chi connectivity index (χ2n) is 10.1. The molecule has 1 aromatic carbocycles. The van der Waals surface area contributed by atoms with Crippen LogP contribution in [0, 0.1) is 5.92 Å². The quantitative estimate of drug-likeness (QED) is 0.458. The summed E-state index contributed by atoms with van der Waals surface area (Å²) in [5.41, 5.74) is 6.80. The van der Waals surface area contributed by atoms with Gasteiger partial charge in [0, 0.05) is 68.7 Å². The number of alkyl halides is 2. The molecule has 0 amide bonds. The van der Waals surface area contributed by atoms with E-state index in [1.165, 1.54) is 11.1 Å². The van der Waals surface area contributed by atoms with E-state index in [0.717, 1.165) is 55.2 Å². The predicted molar refractivity (Wildman–Crippen MR) is 137 cm³/mol. The van der Waals surface area contributed by atoms with Crippen molar-refractivity contribution in [2.75, 3.05) is 19.6 Å². The summed E-state index contributed by atoms with van der Waals surface area (Å²) in [4.78, 5) is 7.20. The first-order valence-electron chi connectivity index (χ1n) is 12.3. The Kier molecular flexibility index (Phi) is 6.36. The molecule has 1 aliphatic carbocycles. The molecule has 1 fully saturated rings. The standard InChI is InChI=1S/C28H33F2N5/c1-19(15-34-11-10-22-6-4-5-7-24(22)16-34)14-31-21(3)26-18-35-17-23(8-9-27(35)33-26)20(2)32-25-12-28(29,30)13-25/h4-9,17-19,25,31-32H,2-3,10-16H2,1H3. The number of benzene rings is 1. The van der Waals surface area contributed by atoms with E-state index in [9.17, 15) is 8.78 Å². The van der Waals surface area contributed by atoms with Crippen molar-refractivity contribution in [1.29, 1.82) is 0 Å². The highest BCUT2D eigenvalue weighted by Gasteiger charge is 2.45. The first-order valence-corrected chi connectivity index (χ1v) is 12.3. The molecule has 2 aliphatic rings. The van der Waals surface area contributed by atoms with Crippen LogP contribution in [0.15, 0.2) is 61.9 Å². The topological polar surface area (TPSA) is 44.6 Å².